The van der Waals surface area contributed by atoms with E-state index in [0.29, 0.717) is 11.3 Å². The van der Waals surface area contributed by atoms with Crippen molar-refractivity contribution in [2.45, 2.75) is 12.5 Å². The van der Waals surface area contributed by atoms with Crippen LogP contribution in [0, 0.1) is 0 Å². The minimum Gasteiger partial charge on any atom is -0.480 e. The second-order valence-electron chi connectivity index (χ2n) is 4.54. The number of nitrogens with two attached hydrogens (primary N) is 1. The summed E-state index contributed by atoms with van der Waals surface area (Å²) in [7, 11) is 0. The Kier molecular flexibility index (Phi) is 4.63. The highest BCUT2D eigenvalue weighted by atomic mass is 16.4. The van der Waals surface area contributed by atoms with Crippen molar-refractivity contribution in [3.05, 3.63) is 59.9 Å². The van der Waals surface area contributed by atoms with E-state index in [1.807, 2.05) is 0 Å². The Morgan fingerprint density at radius 2 is 1.95 bits per heavy atom. The number of carbonyl (C=O) groups excluding carboxylic acids is 1. The van der Waals surface area contributed by atoms with Gasteiger partial charge in [0.2, 0.25) is 0 Å². The van der Waals surface area contributed by atoms with Crippen molar-refractivity contribution < 1.29 is 14.7 Å². The Hall–Kier alpha value is -2.73. The molecule has 6 nitrogen and oxygen atoms in total. The van der Waals surface area contributed by atoms with Gasteiger partial charge in [-0.1, -0.05) is 12.1 Å². The fourth-order valence-electron chi connectivity index (χ4n) is 1.77. The van der Waals surface area contributed by atoms with Crippen LogP contribution in [-0.2, 0) is 11.2 Å². The van der Waals surface area contributed by atoms with Gasteiger partial charge in [0.05, 0.1) is 11.9 Å². The Labute approximate surface area is 121 Å². The summed E-state index contributed by atoms with van der Waals surface area (Å²) in [4.78, 5) is 26.6. The number of rotatable bonds is 5. The van der Waals surface area contributed by atoms with Gasteiger partial charge >= 0.3 is 5.97 Å². The van der Waals surface area contributed by atoms with Gasteiger partial charge in [0, 0.05) is 11.8 Å². The zero-order valence-electron chi connectivity index (χ0n) is 11.2. The van der Waals surface area contributed by atoms with Gasteiger partial charge in [-0.05, 0) is 36.2 Å². The molecule has 1 amide bonds. The molecule has 0 aliphatic heterocycles. The number of aliphatic carboxylic acids is 1. The largest absolute Gasteiger partial charge is 0.480 e. The first-order valence-electron chi connectivity index (χ1n) is 6.35. The summed E-state index contributed by atoms with van der Waals surface area (Å²) in [5.41, 5.74) is 7.32. The molecule has 1 atom stereocenters. The molecule has 21 heavy (non-hydrogen) atoms. The van der Waals surface area contributed by atoms with Gasteiger partial charge in [-0.2, -0.15) is 0 Å². The third kappa shape index (κ3) is 4.12. The standard InChI is InChI=1S/C15H15N3O3/c16-13(15(20)21)8-10-3-5-11(6-4-10)14(19)18-12-2-1-7-17-9-12/h1-7,9,13H,8,16H2,(H,18,19)(H,20,21)/t13-/m0/s1. The third-order valence-electron chi connectivity index (χ3n) is 2.91. The number of amides is 1. The van der Waals surface area contributed by atoms with E-state index in [4.69, 9.17) is 10.8 Å². The molecular formula is C15H15N3O3. The molecule has 1 aromatic heterocycles. The van der Waals surface area contributed by atoms with E-state index in [9.17, 15) is 9.59 Å². The van der Waals surface area contributed by atoms with Crippen molar-refractivity contribution in [3.63, 3.8) is 0 Å². The summed E-state index contributed by atoms with van der Waals surface area (Å²) in [6.07, 6.45) is 3.40. The summed E-state index contributed by atoms with van der Waals surface area (Å²) >= 11 is 0. The first-order chi connectivity index (χ1) is 10.1. The summed E-state index contributed by atoms with van der Waals surface area (Å²) in [5.74, 6) is -1.30. The van der Waals surface area contributed by atoms with Crippen LogP contribution in [0.5, 0.6) is 0 Å². The topological polar surface area (TPSA) is 105 Å². The predicted molar refractivity (Wildman–Crippen MR) is 77.9 cm³/mol. The number of pyridine rings is 1. The molecule has 1 aromatic carbocycles. The van der Waals surface area contributed by atoms with E-state index >= 15 is 0 Å². The Morgan fingerprint density at radius 1 is 1.24 bits per heavy atom. The number of carboxylic acids is 1. The van der Waals surface area contributed by atoms with Crippen LogP contribution >= 0.6 is 0 Å². The van der Waals surface area contributed by atoms with Gasteiger partial charge in [-0.25, -0.2) is 0 Å². The SMILES string of the molecule is N[C@@H](Cc1ccc(C(=O)Nc2cccnc2)cc1)C(=O)O. The highest BCUT2D eigenvalue weighted by Gasteiger charge is 2.12. The maximum Gasteiger partial charge on any atom is 0.320 e. The highest BCUT2D eigenvalue weighted by molar-refractivity contribution is 6.04. The molecule has 0 radical (unpaired) electrons. The van der Waals surface area contributed by atoms with Crippen molar-refractivity contribution in [1.29, 1.82) is 0 Å². The lowest BCUT2D eigenvalue weighted by molar-refractivity contribution is -0.138. The van der Waals surface area contributed by atoms with Crippen molar-refractivity contribution >= 4 is 17.6 Å². The van der Waals surface area contributed by atoms with Crippen molar-refractivity contribution in [2.24, 2.45) is 5.73 Å². The first-order valence-corrected chi connectivity index (χ1v) is 6.35. The zero-order chi connectivity index (χ0) is 15.2. The molecule has 1 heterocycles. The predicted octanol–water partition coefficient (Wildman–Crippen LogP) is 1.29. The fourth-order valence-corrected chi connectivity index (χ4v) is 1.77. The van der Waals surface area contributed by atoms with Crippen molar-refractivity contribution in [3.8, 4) is 0 Å². The average molecular weight is 285 g/mol. The Balaban J connectivity index is 2.01. The molecule has 0 spiro atoms. The van der Waals surface area contributed by atoms with Crippen molar-refractivity contribution in [1.82, 2.24) is 4.98 Å². The van der Waals surface area contributed by atoms with Gasteiger partial charge in [0.1, 0.15) is 6.04 Å². The van der Waals surface area contributed by atoms with Crippen LogP contribution < -0.4 is 11.1 Å². The Bertz CT molecular complexity index is 626. The molecule has 0 bridgehead atoms. The quantitative estimate of drug-likeness (QED) is 0.767. The van der Waals surface area contributed by atoms with Crippen LogP contribution in [0.15, 0.2) is 48.8 Å². The average Bonchev–Trinajstić information content (AvgIpc) is 2.48. The van der Waals surface area contributed by atoms with Crippen LogP contribution in [0.4, 0.5) is 5.69 Å². The molecular weight excluding hydrogens is 270 g/mol. The minimum atomic E-state index is -1.05. The summed E-state index contributed by atoms with van der Waals surface area (Å²) in [6.45, 7) is 0. The number of nitrogens with one attached hydrogen (secondary N) is 1. The number of carboxylic acid groups (broad SMARTS) is 1. The number of hydrogen-bond donors (Lipinski definition) is 3. The Morgan fingerprint density at radius 3 is 2.52 bits per heavy atom. The second kappa shape index (κ2) is 6.62. The van der Waals surface area contributed by atoms with Crippen LogP contribution in [0.25, 0.3) is 0 Å². The maximum atomic E-state index is 12.0. The molecule has 0 unspecified atom stereocenters. The zero-order valence-corrected chi connectivity index (χ0v) is 11.2. The van der Waals surface area contributed by atoms with Crippen molar-refractivity contribution in [2.75, 3.05) is 5.32 Å². The van der Waals surface area contributed by atoms with E-state index in [2.05, 4.69) is 10.3 Å². The lowest BCUT2D eigenvalue weighted by Crippen LogP contribution is -2.32. The number of anilines is 1. The normalized spacial score (nSPS) is 11.7. The van der Waals surface area contributed by atoms with E-state index in [-0.39, 0.29) is 12.3 Å². The van der Waals surface area contributed by atoms with Crippen LogP contribution in [0.1, 0.15) is 15.9 Å². The molecule has 0 aliphatic rings. The fraction of sp³-hybridized carbons (Fsp3) is 0.133. The number of benzene rings is 1. The van der Waals surface area contributed by atoms with E-state index < -0.39 is 12.0 Å². The van der Waals surface area contributed by atoms with Gasteiger partial charge in [-0.3, -0.25) is 14.6 Å². The molecule has 6 heteroatoms. The van der Waals surface area contributed by atoms with E-state index in [1.54, 1.807) is 48.8 Å². The molecule has 108 valence electrons. The van der Waals surface area contributed by atoms with Gasteiger partial charge in [0.15, 0.2) is 0 Å². The molecule has 2 rings (SSSR count). The van der Waals surface area contributed by atoms with Crippen LogP contribution in [0.2, 0.25) is 0 Å². The lowest BCUT2D eigenvalue weighted by atomic mass is 10.0. The van der Waals surface area contributed by atoms with Gasteiger partial charge in [-0.15, -0.1) is 0 Å². The molecule has 0 fully saturated rings. The molecule has 4 N–H and O–H groups in total. The van der Waals surface area contributed by atoms with E-state index in [1.165, 1.54) is 0 Å². The number of carbonyl (C=O) groups is 2. The maximum absolute atomic E-state index is 12.0. The minimum absolute atomic E-state index is 0.222. The monoisotopic (exact) mass is 285 g/mol. The first kappa shape index (κ1) is 14.7. The number of aromatic nitrogens is 1. The van der Waals surface area contributed by atoms with Gasteiger partial charge in [0.25, 0.3) is 5.91 Å². The second-order valence-corrected chi connectivity index (χ2v) is 4.54. The third-order valence-corrected chi connectivity index (χ3v) is 2.91. The highest BCUT2D eigenvalue weighted by Crippen LogP contribution is 2.10. The lowest BCUT2D eigenvalue weighted by Gasteiger charge is -2.08. The molecule has 0 saturated carbocycles. The van der Waals surface area contributed by atoms with E-state index in [0.717, 1.165) is 5.56 Å². The van der Waals surface area contributed by atoms with Crippen LogP contribution in [-0.4, -0.2) is 28.0 Å². The number of hydrogen-bond acceptors (Lipinski definition) is 4. The van der Waals surface area contributed by atoms with Crippen LogP contribution in [0.3, 0.4) is 0 Å². The summed E-state index contributed by atoms with van der Waals surface area (Å²) < 4.78 is 0. The summed E-state index contributed by atoms with van der Waals surface area (Å²) in [5, 5.41) is 11.5. The molecule has 0 aliphatic carbocycles. The number of nitrogens with zero attached hydrogens (tertiary/aromatic N) is 1. The summed E-state index contributed by atoms with van der Waals surface area (Å²) in [6, 6.07) is 9.18. The molecule has 0 saturated heterocycles. The smallest absolute Gasteiger partial charge is 0.320 e. The van der Waals surface area contributed by atoms with Gasteiger partial charge < -0.3 is 16.2 Å². The molecule has 2 aromatic rings.